The number of benzene rings is 1. The van der Waals surface area contributed by atoms with Crippen molar-refractivity contribution >= 4 is 0 Å². The van der Waals surface area contributed by atoms with Crippen molar-refractivity contribution in [3.63, 3.8) is 0 Å². The van der Waals surface area contributed by atoms with Crippen LogP contribution < -0.4 is 0 Å². The van der Waals surface area contributed by atoms with E-state index in [0.29, 0.717) is 0 Å². The van der Waals surface area contributed by atoms with Crippen LogP contribution in [0.1, 0.15) is 22.8 Å². The lowest BCUT2D eigenvalue weighted by Gasteiger charge is -2.17. The summed E-state index contributed by atoms with van der Waals surface area (Å²) in [5.41, 5.74) is -1.62. The lowest BCUT2D eigenvalue weighted by Crippen LogP contribution is -2.13. The van der Waals surface area contributed by atoms with Crippen LogP contribution in [0.4, 0.5) is 17.6 Å². The van der Waals surface area contributed by atoms with Gasteiger partial charge in [-0.15, -0.1) is 0 Å². The lowest BCUT2D eigenvalue weighted by atomic mass is 9.97. The normalized spacial score (nSPS) is 13.3. The van der Waals surface area contributed by atoms with Crippen molar-refractivity contribution in [2.75, 3.05) is 0 Å². The van der Waals surface area contributed by atoms with Gasteiger partial charge in [0.25, 0.3) is 0 Å². The van der Waals surface area contributed by atoms with E-state index in [1.807, 2.05) is 0 Å². The Morgan fingerprint density at radius 2 is 1.74 bits per heavy atom. The Kier molecular flexibility index (Phi) is 3.53. The minimum Gasteiger partial charge on any atom is -0.384 e. The Morgan fingerprint density at radius 1 is 1.05 bits per heavy atom. The summed E-state index contributed by atoms with van der Waals surface area (Å²) in [6, 6.07) is 5.67. The van der Waals surface area contributed by atoms with Crippen molar-refractivity contribution < 1.29 is 22.7 Å². The van der Waals surface area contributed by atoms with Gasteiger partial charge in [0.1, 0.15) is 11.9 Å². The van der Waals surface area contributed by atoms with E-state index in [1.165, 1.54) is 18.3 Å². The maximum Gasteiger partial charge on any atom is 0.416 e. The highest BCUT2D eigenvalue weighted by Gasteiger charge is 2.35. The van der Waals surface area contributed by atoms with E-state index < -0.39 is 23.7 Å². The molecule has 0 aliphatic carbocycles. The Bertz CT molecular complexity index is 583. The van der Waals surface area contributed by atoms with E-state index >= 15 is 0 Å². The number of rotatable bonds is 2. The average molecular weight is 271 g/mol. The van der Waals surface area contributed by atoms with Crippen LogP contribution in [-0.2, 0) is 6.18 Å². The monoisotopic (exact) mass is 271 g/mol. The van der Waals surface area contributed by atoms with Gasteiger partial charge in [-0.3, -0.25) is 4.98 Å². The molecular formula is C13H9F4NO. The molecule has 1 unspecified atom stereocenters. The summed E-state index contributed by atoms with van der Waals surface area (Å²) in [7, 11) is 0. The molecule has 0 radical (unpaired) electrons. The zero-order valence-corrected chi connectivity index (χ0v) is 9.53. The second kappa shape index (κ2) is 4.97. The van der Waals surface area contributed by atoms with Crippen molar-refractivity contribution in [3.8, 4) is 0 Å². The van der Waals surface area contributed by atoms with Gasteiger partial charge in [-0.05, 0) is 17.7 Å². The molecule has 0 bridgehead atoms. The highest BCUT2D eigenvalue weighted by molar-refractivity contribution is 5.37. The fourth-order valence-electron chi connectivity index (χ4n) is 1.77. The quantitative estimate of drug-likeness (QED) is 0.850. The van der Waals surface area contributed by atoms with E-state index in [2.05, 4.69) is 4.98 Å². The zero-order valence-electron chi connectivity index (χ0n) is 9.53. The van der Waals surface area contributed by atoms with Gasteiger partial charge in [-0.25, -0.2) is 4.39 Å². The molecule has 1 heterocycles. The molecule has 19 heavy (non-hydrogen) atoms. The molecule has 1 aromatic carbocycles. The predicted octanol–water partition coefficient (Wildman–Crippen LogP) is 3.32. The number of pyridine rings is 1. The smallest absolute Gasteiger partial charge is 0.384 e. The molecule has 0 saturated carbocycles. The molecule has 2 rings (SSSR count). The molecule has 0 saturated heterocycles. The van der Waals surface area contributed by atoms with Crippen LogP contribution >= 0.6 is 0 Å². The molecule has 0 aliphatic heterocycles. The number of aliphatic hydroxyl groups excluding tert-OH is 1. The maximum atomic E-state index is 13.5. The second-order valence-corrected chi connectivity index (χ2v) is 3.88. The van der Waals surface area contributed by atoms with Crippen molar-refractivity contribution in [2.24, 2.45) is 0 Å². The number of hydrogen-bond acceptors (Lipinski definition) is 2. The largest absolute Gasteiger partial charge is 0.416 e. The number of nitrogens with zero attached hydrogens (tertiary/aromatic N) is 1. The Labute approximate surface area is 106 Å². The molecule has 0 amide bonds. The number of alkyl halides is 3. The zero-order chi connectivity index (χ0) is 14.0. The Hall–Kier alpha value is -1.95. The van der Waals surface area contributed by atoms with Gasteiger partial charge in [0.15, 0.2) is 0 Å². The molecule has 6 heteroatoms. The maximum absolute atomic E-state index is 13.5. The van der Waals surface area contributed by atoms with Gasteiger partial charge in [0.05, 0.1) is 11.8 Å². The molecule has 1 aromatic heterocycles. The highest BCUT2D eigenvalue weighted by Crippen LogP contribution is 2.36. The summed E-state index contributed by atoms with van der Waals surface area (Å²) in [6.45, 7) is 0. The molecule has 1 atom stereocenters. The van der Waals surface area contributed by atoms with Gasteiger partial charge in [-0.1, -0.05) is 18.2 Å². The molecule has 2 aromatic rings. The first-order valence-corrected chi connectivity index (χ1v) is 5.35. The Morgan fingerprint density at radius 3 is 2.37 bits per heavy atom. The van der Waals surface area contributed by atoms with Crippen LogP contribution in [0.25, 0.3) is 0 Å². The van der Waals surface area contributed by atoms with Crippen LogP contribution in [-0.4, -0.2) is 10.1 Å². The first-order valence-electron chi connectivity index (χ1n) is 5.35. The van der Waals surface area contributed by atoms with Crippen molar-refractivity contribution in [3.05, 3.63) is 65.2 Å². The van der Waals surface area contributed by atoms with Gasteiger partial charge in [-0.2, -0.15) is 13.2 Å². The molecule has 1 N–H and O–H groups in total. The molecule has 0 fully saturated rings. The topological polar surface area (TPSA) is 33.1 Å². The van der Waals surface area contributed by atoms with Crippen LogP contribution in [0.15, 0.2) is 42.7 Å². The molecule has 2 nitrogen and oxygen atoms in total. The SMILES string of the molecule is OC(c1ccncc1F)c1ccccc1C(F)(F)F. The third-order valence-corrected chi connectivity index (χ3v) is 2.66. The van der Waals surface area contributed by atoms with Gasteiger partial charge >= 0.3 is 6.18 Å². The highest BCUT2D eigenvalue weighted by atomic mass is 19.4. The van der Waals surface area contributed by atoms with Crippen molar-refractivity contribution in [2.45, 2.75) is 12.3 Å². The van der Waals surface area contributed by atoms with Crippen molar-refractivity contribution in [1.82, 2.24) is 4.98 Å². The van der Waals surface area contributed by atoms with E-state index in [9.17, 15) is 22.7 Å². The molecule has 0 aliphatic rings. The molecule has 100 valence electrons. The summed E-state index contributed by atoms with van der Waals surface area (Å²) >= 11 is 0. The summed E-state index contributed by atoms with van der Waals surface area (Å²) in [4.78, 5) is 3.48. The standard InChI is InChI=1S/C13H9F4NO/c14-11-7-18-6-5-9(11)12(19)8-3-1-2-4-10(8)13(15,16)17/h1-7,12,19H. The van der Waals surface area contributed by atoms with Gasteiger partial charge in [0.2, 0.25) is 0 Å². The summed E-state index contributed by atoms with van der Waals surface area (Å²) in [6.07, 6.45) is -4.26. The number of halogens is 4. The first-order chi connectivity index (χ1) is 8.91. The fraction of sp³-hybridized carbons (Fsp3) is 0.154. The summed E-state index contributed by atoms with van der Waals surface area (Å²) < 4.78 is 51.9. The van der Waals surface area contributed by atoms with Crippen LogP contribution in [0.3, 0.4) is 0 Å². The van der Waals surface area contributed by atoms with Gasteiger partial charge < -0.3 is 5.11 Å². The number of hydrogen-bond donors (Lipinski definition) is 1. The van der Waals surface area contributed by atoms with Gasteiger partial charge in [0, 0.05) is 11.8 Å². The Balaban J connectivity index is 2.51. The van der Waals surface area contributed by atoms with E-state index in [-0.39, 0.29) is 11.1 Å². The second-order valence-electron chi connectivity index (χ2n) is 3.88. The molecular weight excluding hydrogens is 262 g/mol. The third kappa shape index (κ3) is 2.73. The average Bonchev–Trinajstić information content (AvgIpc) is 2.37. The summed E-state index contributed by atoms with van der Waals surface area (Å²) in [5, 5.41) is 9.95. The first kappa shape index (κ1) is 13.5. The van der Waals surface area contributed by atoms with Crippen LogP contribution in [0, 0.1) is 5.82 Å². The van der Waals surface area contributed by atoms with Crippen LogP contribution in [0.5, 0.6) is 0 Å². The number of aromatic nitrogens is 1. The van der Waals surface area contributed by atoms with E-state index in [0.717, 1.165) is 24.4 Å². The number of aliphatic hydroxyl groups is 1. The van der Waals surface area contributed by atoms with Crippen molar-refractivity contribution in [1.29, 1.82) is 0 Å². The predicted molar refractivity (Wildman–Crippen MR) is 59.7 cm³/mol. The minimum atomic E-state index is -4.61. The third-order valence-electron chi connectivity index (χ3n) is 2.66. The molecule has 0 spiro atoms. The van der Waals surface area contributed by atoms with Crippen LogP contribution in [0.2, 0.25) is 0 Å². The van der Waals surface area contributed by atoms with E-state index in [1.54, 1.807) is 0 Å². The lowest BCUT2D eigenvalue weighted by molar-refractivity contribution is -0.139. The van der Waals surface area contributed by atoms with E-state index in [4.69, 9.17) is 0 Å². The fourth-order valence-corrected chi connectivity index (χ4v) is 1.77. The minimum absolute atomic E-state index is 0.244. The summed E-state index contributed by atoms with van der Waals surface area (Å²) in [5.74, 6) is -0.855.